The number of rotatable bonds is 9. The Balaban J connectivity index is 1.13. The largest absolute Gasteiger partial charge is 0.493 e. The van der Waals surface area contributed by atoms with Gasteiger partial charge >= 0.3 is 5.13 Å². The van der Waals surface area contributed by atoms with Crippen LogP contribution in [0.3, 0.4) is 0 Å². The lowest BCUT2D eigenvalue weighted by Gasteiger charge is -2.10. The molecule has 2 aromatic carbocycles. The number of fused-ring (bicyclic) bond motifs is 3. The molecule has 0 aliphatic carbocycles. The fraction of sp³-hybridized carbons (Fsp3) is 0.0769. The van der Waals surface area contributed by atoms with Crippen molar-refractivity contribution in [3.63, 3.8) is 0 Å². The Morgan fingerprint density at radius 2 is 1.74 bits per heavy atom. The van der Waals surface area contributed by atoms with Gasteiger partial charge in [-0.15, -0.1) is 0 Å². The third-order valence-corrected chi connectivity index (χ3v) is 8.53. The Hall–Kier alpha value is -5.13. The molecule has 0 saturated heterocycles. The molecule has 6 aromatic rings. The van der Waals surface area contributed by atoms with E-state index in [4.69, 9.17) is 21.7 Å². The molecular formula is C26H23N10O4S3+. The number of aromatic amines is 2. The van der Waals surface area contributed by atoms with Crippen LogP contribution in [0, 0.1) is 0 Å². The number of aromatic nitrogens is 6. The SMILES string of the molecule is COc1cc2[nH]c3ncnc(Nc4[nH+]cc(NC(=S)Nc5ccc(S(=O)(=O)Nc6ncccn6)cc5)s4)c3c2cc1OC. The first kappa shape index (κ1) is 28.0. The molecule has 0 atom stereocenters. The Labute approximate surface area is 254 Å². The molecule has 0 aliphatic heterocycles. The van der Waals surface area contributed by atoms with E-state index in [0.29, 0.717) is 38.9 Å². The maximum absolute atomic E-state index is 12.6. The van der Waals surface area contributed by atoms with Crippen LogP contribution >= 0.6 is 23.6 Å². The van der Waals surface area contributed by atoms with E-state index in [1.165, 1.54) is 42.2 Å². The molecule has 14 nitrogen and oxygen atoms in total. The fourth-order valence-electron chi connectivity index (χ4n) is 4.20. The highest BCUT2D eigenvalue weighted by Crippen LogP contribution is 2.38. The van der Waals surface area contributed by atoms with Crippen molar-refractivity contribution in [2.45, 2.75) is 4.90 Å². The lowest BCUT2D eigenvalue weighted by atomic mass is 10.2. The zero-order valence-electron chi connectivity index (χ0n) is 22.5. The van der Waals surface area contributed by atoms with Gasteiger partial charge in [-0.25, -0.2) is 38.4 Å². The number of methoxy groups -OCH3 is 2. The Morgan fingerprint density at radius 1 is 1.00 bits per heavy atom. The van der Waals surface area contributed by atoms with Crippen LogP contribution in [0.4, 0.5) is 27.6 Å². The van der Waals surface area contributed by atoms with Crippen molar-refractivity contribution in [2.75, 3.05) is 34.9 Å². The molecule has 0 saturated carbocycles. The number of H-pyrrole nitrogens is 2. The highest BCUT2D eigenvalue weighted by Gasteiger charge is 2.20. The normalized spacial score (nSPS) is 11.3. The van der Waals surface area contributed by atoms with E-state index < -0.39 is 10.0 Å². The van der Waals surface area contributed by atoms with Crippen molar-refractivity contribution in [1.82, 2.24) is 24.9 Å². The van der Waals surface area contributed by atoms with Gasteiger partial charge in [0.1, 0.15) is 23.2 Å². The topological polar surface area (TPSA) is 182 Å². The predicted octanol–water partition coefficient (Wildman–Crippen LogP) is 4.15. The summed E-state index contributed by atoms with van der Waals surface area (Å²) in [6.45, 7) is 0. The number of sulfonamides is 1. The van der Waals surface area contributed by atoms with Gasteiger partial charge in [-0.05, 0) is 60.0 Å². The van der Waals surface area contributed by atoms with Crippen molar-refractivity contribution in [1.29, 1.82) is 0 Å². The molecule has 0 aliphatic rings. The molecule has 6 rings (SSSR count). The minimum absolute atomic E-state index is 0.0110. The second kappa shape index (κ2) is 11.6. The van der Waals surface area contributed by atoms with Crippen molar-refractivity contribution in [3.8, 4) is 11.5 Å². The number of ether oxygens (including phenoxy) is 2. The van der Waals surface area contributed by atoms with Gasteiger partial charge < -0.3 is 25.1 Å². The van der Waals surface area contributed by atoms with Crippen LogP contribution in [0.1, 0.15) is 0 Å². The van der Waals surface area contributed by atoms with E-state index in [0.717, 1.165) is 21.3 Å². The first-order chi connectivity index (χ1) is 20.8. The number of benzene rings is 2. The fourth-order valence-corrected chi connectivity index (χ4v) is 6.21. The third-order valence-electron chi connectivity index (χ3n) is 6.12. The number of anilines is 5. The van der Waals surface area contributed by atoms with E-state index in [1.54, 1.807) is 38.6 Å². The summed E-state index contributed by atoms with van der Waals surface area (Å²) in [5.74, 6) is 1.78. The standard InChI is InChI=1S/C26H22N10O4S3/c1-39-18-10-16-17(11-19(18)40-2)33-22-21(16)23(31-13-30-22)35-26-29-12-20(42-26)34-25(41)32-14-4-6-15(7-5-14)43(37,38)36-24-27-8-3-9-28-24/h3-13H,1-2H3,(H,27,28,36)(H2,32,34,41)(H2,29,30,31,33,35)/p+1. The number of thiocarbonyl (C=S) groups is 1. The second-order valence-electron chi connectivity index (χ2n) is 8.81. The molecule has 17 heteroatoms. The minimum Gasteiger partial charge on any atom is -0.493 e. The first-order valence-electron chi connectivity index (χ1n) is 12.5. The highest BCUT2D eigenvalue weighted by atomic mass is 32.2. The van der Waals surface area contributed by atoms with Crippen molar-refractivity contribution in [3.05, 3.63) is 67.4 Å². The van der Waals surface area contributed by atoms with Gasteiger partial charge in [-0.3, -0.25) is 0 Å². The van der Waals surface area contributed by atoms with E-state index >= 15 is 0 Å². The van der Waals surface area contributed by atoms with Gasteiger partial charge in [0.15, 0.2) is 16.6 Å². The zero-order chi connectivity index (χ0) is 30.0. The number of nitrogens with one attached hydrogen (secondary N) is 6. The first-order valence-corrected chi connectivity index (χ1v) is 15.2. The van der Waals surface area contributed by atoms with Crippen LogP contribution in [0.2, 0.25) is 0 Å². The zero-order valence-corrected chi connectivity index (χ0v) is 24.9. The maximum atomic E-state index is 12.6. The van der Waals surface area contributed by atoms with Crippen molar-refractivity contribution in [2.24, 2.45) is 0 Å². The number of hydrogen-bond donors (Lipinski definition) is 5. The number of hydrogen-bond acceptors (Lipinski definition) is 11. The third kappa shape index (κ3) is 5.94. The summed E-state index contributed by atoms with van der Waals surface area (Å²) >= 11 is 6.84. The molecule has 4 aromatic heterocycles. The van der Waals surface area contributed by atoms with E-state index in [2.05, 4.69) is 50.6 Å². The Morgan fingerprint density at radius 3 is 2.49 bits per heavy atom. The summed E-state index contributed by atoms with van der Waals surface area (Å²) in [4.78, 5) is 23.1. The molecule has 0 bridgehead atoms. The van der Waals surface area contributed by atoms with Crippen LogP contribution in [-0.2, 0) is 10.0 Å². The predicted molar refractivity (Wildman–Crippen MR) is 168 cm³/mol. The van der Waals surface area contributed by atoms with Gasteiger partial charge in [-0.1, -0.05) is 0 Å². The summed E-state index contributed by atoms with van der Waals surface area (Å²) in [5, 5.41) is 12.9. The van der Waals surface area contributed by atoms with Crippen LogP contribution < -0.4 is 35.1 Å². The minimum atomic E-state index is -3.84. The summed E-state index contributed by atoms with van der Waals surface area (Å²) in [7, 11) is -0.671. The Bertz CT molecular complexity index is 2050. The van der Waals surface area contributed by atoms with Crippen molar-refractivity contribution >= 4 is 88.2 Å². The van der Waals surface area contributed by atoms with Crippen LogP contribution in [0.15, 0.2) is 72.3 Å². The quantitative estimate of drug-likeness (QED) is 0.143. The average Bonchev–Trinajstić information content (AvgIpc) is 3.60. The molecule has 0 radical (unpaired) electrons. The molecule has 218 valence electrons. The van der Waals surface area contributed by atoms with E-state index in [-0.39, 0.29) is 10.8 Å². The van der Waals surface area contributed by atoms with Crippen LogP contribution in [-0.4, -0.2) is 52.7 Å². The molecule has 0 unspecified atom stereocenters. The van der Waals surface area contributed by atoms with E-state index in [9.17, 15) is 8.42 Å². The van der Waals surface area contributed by atoms with Gasteiger partial charge in [0, 0.05) is 29.5 Å². The number of nitrogens with zero attached hydrogens (tertiary/aromatic N) is 4. The monoisotopic (exact) mass is 635 g/mol. The molecule has 43 heavy (non-hydrogen) atoms. The van der Waals surface area contributed by atoms with Crippen LogP contribution in [0.25, 0.3) is 21.9 Å². The number of thiazole rings is 1. The second-order valence-corrected chi connectivity index (χ2v) is 12.0. The summed E-state index contributed by atoms with van der Waals surface area (Å²) in [5.41, 5.74) is 2.09. The molecule has 4 heterocycles. The Kier molecular flexibility index (Phi) is 7.58. The van der Waals surface area contributed by atoms with Gasteiger partial charge in [0.25, 0.3) is 10.0 Å². The van der Waals surface area contributed by atoms with Gasteiger partial charge in [-0.2, -0.15) is 4.98 Å². The summed E-state index contributed by atoms with van der Waals surface area (Å²) in [6, 6.07) is 11.5. The van der Waals surface area contributed by atoms with Gasteiger partial charge in [0.2, 0.25) is 11.8 Å². The van der Waals surface area contributed by atoms with Crippen LogP contribution in [0.5, 0.6) is 11.5 Å². The van der Waals surface area contributed by atoms with Gasteiger partial charge in [0.05, 0.1) is 30.0 Å². The molecule has 0 amide bonds. The lowest BCUT2D eigenvalue weighted by Crippen LogP contribution is -2.19. The van der Waals surface area contributed by atoms with E-state index in [1.807, 2.05) is 12.1 Å². The smallest absolute Gasteiger partial charge is 0.339 e. The maximum Gasteiger partial charge on any atom is 0.339 e. The lowest BCUT2D eigenvalue weighted by molar-refractivity contribution is -0.353. The highest BCUT2D eigenvalue weighted by molar-refractivity contribution is 7.92. The molecular weight excluding hydrogens is 613 g/mol. The summed E-state index contributed by atoms with van der Waals surface area (Å²) in [6.07, 6.45) is 6.13. The molecule has 0 spiro atoms. The molecule has 6 N–H and O–H groups in total. The summed E-state index contributed by atoms with van der Waals surface area (Å²) < 4.78 is 38.5. The van der Waals surface area contributed by atoms with Crippen molar-refractivity contribution < 1.29 is 22.9 Å². The molecule has 0 fully saturated rings. The average molecular weight is 636 g/mol.